The molecule has 0 aliphatic rings. The van der Waals surface area contributed by atoms with Crippen molar-refractivity contribution in [2.24, 2.45) is 5.73 Å². The van der Waals surface area contributed by atoms with Crippen molar-refractivity contribution in [3.05, 3.63) is 67.1 Å². The molecule has 0 heterocycles. The van der Waals surface area contributed by atoms with E-state index in [1.165, 1.54) is 0 Å². The molecule has 0 aliphatic heterocycles. The van der Waals surface area contributed by atoms with Crippen LogP contribution in [0.1, 0.15) is 17.2 Å². The maximum Gasteiger partial charge on any atom is 0.0439 e. The van der Waals surface area contributed by atoms with Gasteiger partial charge in [-0.2, -0.15) is 0 Å². The number of hydrogen-bond donors (Lipinski definition) is 1. The smallest absolute Gasteiger partial charge is 0.0439 e. The van der Waals surface area contributed by atoms with Gasteiger partial charge < -0.3 is 5.73 Å². The predicted octanol–water partition coefficient (Wildman–Crippen LogP) is 5.65. The fourth-order valence-electron chi connectivity index (χ4n) is 1.85. The van der Waals surface area contributed by atoms with Crippen molar-refractivity contribution in [3.63, 3.8) is 0 Å². The lowest BCUT2D eigenvalue weighted by molar-refractivity contribution is 0.718. The molecule has 5 heteroatoms. The Balaban J connectivity index is 2.27. The molecule has 2 aromatic carbocycles. The molecule has 2 N–H and O–H groups in total. The highest BCUT2D eigenvalue weighted by Gasteiger charge is 2.13. The van der Waals surface area contributed by atoms with Gasteiger partial charge >= 0.3 is 0 Å². The molecule has 1 nitrogen and oxygen atoms in total. The van der Waals surface area contributed by atoms with Crippen molar-refractivity contribution in [1.82, 2.24) is 0 Å². The maximum atomic E-state index is 6.23. The molecule has 100 valence electrons. The number of nitrogens with two attached hydrogens (primary N) is 1. The van der Waals surface area contributed by atoms with Crippen molar-refractivity contribution < 1.29 is 0 Å². The summed E-state index contributed by atoms with van der Waals surface area (Å²) >= 11 is 21.6. The molecular formula is C14H11BrCl3N. The molecule has 19 heavy (non-hydrogen) atoms. The van der Waals surface area contributed by atoms with Gasteiger partial charge in [0.1, 0.15) is 0 Å². The number of halogens is 4. The molecule has 1 unspecified atom stereocenters. The van der Waals surface area contributed by atoms with Crippen molar-refractivity contribution in [3.8, 4) is 0 Å². The van der Waals surface area contributed by atoms with Crippen molar-refractivity contribution in [1.29, 1.82) is 0 Å². The minimum Gasteiger partial charge on any atom is -0.324 e. The summed E-state index contributed by atoms with van der Waals surface area (Å²) in [6.07, 6.45) is 0.596. The Morgan fingerprint density at radius 1 is 1.00 bits per heavy atom. The molecule has 0 aliphatic carbocycles. The Bertz CT molecular complexity index is 601. The van der Waals surface area contributed by atoms with Crippen LogP contribution < -0.4 is 5.73 Å². The minimum absolute atomic E-state index is 0.205. The molecule has 0 amide bonds. The van der Waals surface area contributed by atoms with Gasteiger partial charge in [0.2, 0.25) is 0 Å². The van der Waals surface area contributed by atoms with Crippen LogP contribution in [0.5, 0.6) is 0 Å². The molecular weight excluding hydrogens is 368 g/mol. The van der Waals surface area contributed by atoms with Crippen molar-refractivity contribution in [2.45, 2.75) is 12.5 Å². The van der Waals surface area contributed by atoms with Crippen LogP contribution in [-0.2, 0) is 6.42 Å². The molecule has 1 atom stereocenters. The standard InChI is InChI=1S/C14H11BrCl3N/c15-12-3-1-10(17)7-11(12)14(19)6-8-5-9(16)2-4-13(8)18/h1-5,7,14H,6,19H2. The summed E-state index contributed by atoms with van der Waals surface area (Å²) in [5.41, 5.74) is 8.10. The van der Waals surface area contributed by atoms with Gasteiger partial charge in [-0.05, 0) is 53.9 Å². The molecule has 0 aromatic heterocycles. The second kappa shape index (κ2) is 6.47. The first-order valence-electron chi connectivity index (χ1n) is 5.62. The Hall–Kier alpha value is -0.250. The normalized spacial score (nSPS) is 12.5. The van der Waals surface area contributed by atoms with Gasteiger partial charge in [-0.1, -0.05) is 50.7 Å². The van der Waals surface area contributed by atoms with Crippen LogP contribution in [0.3, 0.4) is 0 Å². The van der Waals surface area contributed by atoms with Crippen LogP contribution in [0, 0.1) is 0 Å². The summed E-state index contributed by atoms with van der Waals surface area (Å²) in [5, 5.41) is 1.97. The minimum atomic E-state index is -0.205. The fraction of sp³-hybridized carbons (Fsp3) is 0.143. The van der Waals surface area contributed by atoms with Gasteiger partial charge in [-0.15, -0.1) is 0 Å². The van der Waals surface area contributed by atoms with Crippen molar-refractivity contribution in [2.75, 3.05) is 0 Å². The highest BCUT2D eigenvalue weighted by atomic mass is 79.9. The number of hydrogen-bond acceptors (Lipinski definition) is 1. The van der Waals surface area contributed by atoms with Crippen LogP contribution >= 0.6 is 50.7 Å². The molecule has 0 spiro atoms. The second-order valence-corrected chi connectivity index (χ2v) is 6.35. The first kappa shape index (κ1) is 15.1. The number of benzene rings is 2. The molecule has 2 rings (SSSR count). The molecule has 0 radical (unpaired) electrons. The van der Waals surface area contributed by atoms with E-state index in [0.29, 0.717) is 21.5 Å². The van der Waals surface area contributed by atoms with Gasteiger partial charge in [0.05, 0.1) is 0 Å². The predicted molar refractivity (Wildman–Crippen MR) is 86.2 cm³/mol. The van der Waals surface area contributed by atoms with Crippen LogP contribution in [0.4, 0.5) is 0 Å². The van der Waals surface area contributed by atoms with E-state index in [9.17, 15) is 0 Å². The van der Waals surface area contributed by atoms with E-state index in [-0.39, 0.29) is 6.04 Å². The van der Waals surface area contributed by atoms with Crippen LogP contribution in [-0.4, -0.2) is 0 Å². The van der Waals surface area contributed by atoms with E-state index in [4.69, 9.17) is 40.5 Å². The lowest BCUT2D eigenvalue weighted by atomic mass is 10.00. The topological polar surface area (TPSA) is 26.0 Å². The first-order chi connectivity index (χ1) is 8.97. The Morgan fingerprint density at radius 2 is 1.63 bits per heavy atom. The maximum absolute atomic E-state index is 6.23. The Morgan fingerprint density at radius 3 is 2.37 bits per heavy atom. The second-order valence-electron chi connectivity index (χ2n) is 4.21. The molecule has 0 bridgehead atoms. The summed E-state index contributed by atoms with van der Waals surface area (Å²) in [5.74, 6) is 0. The van der Waals surface area contributed by atoms with E-state index in [1.807, 2.05) is 24.3 Å². The SMILES string of the molecule is NC(Cc1cc(Cl)ccc1Cl)c1cc(Cl)ccc1Br. The van der Waals surface area contributed by atoms with Crippen LogP contribution in [0.15, 0.2) is 40.9 Å². The van der Waals surface area contributed by atoms with E-state index in [0.717, 1.165) is 15.6 Å². The van der Waals surface area contributed by atoms with Crippen molar-refractivity contribution >= 4 is 50.7 Å². The van der Waals surface area contributed by atoms with E-state index in [1.54, 1.807) is 12.1 Å². The van der Waals surface area contributed by atoms with Gasteiger partial charge in [-0.25, -0.2) is 0 Å². The third-order valence-corrected chi connectivity index (χ3v) is 4.37. The van der Waals surface area contributed by atoms with Crippen LogP contribution in [0.2, 0.25) is 15.1 Å². The highest BCUT2D eigenvalue weighted by Crippen LogP contribution is 2.30. The quantitative estimate of drug-likeness (QED) is 0.732. The summed E-state index contributed by atoms with van der Waals surface area (Å²) in [4.78, 5) is 0. The highest BCUT2D eigenvalue weighted by molar-refractivity contribution is 9.10. The zero-order valence-electron chi connectivity index (χ0n) is 9.84. The first-order valence-corrected chi connectivity index (χ1v) is 7.54. The Labute approximate surface area is 135 Å². The largest absolute Gasteiger partial charge is 0.324 e. The summed E-state index contributed by atoms with van der Waals surface area (Å²) in [7, 11) is 0. The average molecular weight is 380 g/mol. The molecule has 0 saturated heterocycles. The average Bonchev–Trinajstić information content (AvgIpc) is 2.36. The molecule has 0 saturated carbocycles. The van der Waals surface area contributed by atoms with Gasteiger partial charge in [0.15, 0.2) is 0 Å². The zero-order chi connectivity index (χ0) is 14.0. The number of rotatable bonds is 3. The molecule has 2 aromatic rings. The summed E-state index contributed by atoms with van der Waals surface area (Å²) in [6.45, 7) is 0. The zero-order valence-corrected chi connectivity index (χ0v) is 13.7. The van der Waals surface area contributed by atoms with Gasteiger partial charge in [-0.3, -0.25) is 0 Å². The molecule has 0 fully saturated rings. The Kier molecular flexibility index (Phi) is 5.15. The summed E-state index contributed by atoms with van der Waals surface area (Å²) < 4.78 is 0.933. The van der Waals surface area contributed by atoms with Gasteiger partial charge in [0.25, 0.3) is 0 Å². The van der Waals surface area contributed by atoms with Gasteiger partial charge in [0, 0.05) is 25.6 Å². The summed E-state index contributed by atoms with van der Waals surface area (Å²) in [6, 6.07) is 10.7. The third-order valence-electron chi connectivity index (χ3n) is 2.81. The van der Waals surface area contributed by atoms with E-state index >= 15 is 0 Å². The van der Waals surface area contributed by atoms with E-state index in [2.05, 4.69) is 15.9 Å². The van der Waals surface area contributed by atoms with E-state index < -0.39 is 0 Å². The lowest BCUT2D eigenvalue weighted by Crippen LogP contribution is -2.14. The lowest BCUT2D eigenvalue weighted by Gasteiger charge is -2.15. The van der Waals surface area contributed by atoms with Crippen LogP contribution in [0.25, 0.3) is 0 Å². The monoisotopic (exact) mass is 377 g/mol. The fourth-order valence-corrected chi connectivity index (χ4v) is 2.96. The third kappa shape index (κ3) is 3.87.